The van der Waals surface area contributed by atoms with Gasteiger partial charge in [0, 0.05) is 32.0 Å². The molecule has 8 heteroatoms. The third-order valence-corrected chi connectivity index (χ3v) is 6.30. The first-order valence-corrected chi connectivity index (χ1v) is 10.1. The highest BCUT2D eigenvalue weighted by Gasteiger charge is 2.52. The number of carbonyl (C=O) groups excluding carboxylic acids is 3. The van der Waals surface area contributed by atoms with Crippen molar-refractivity contribution in [2.24, 2.45) is 0 Å². The zero-order valence-electron chi connectivity index (χ0n) is 17.8. The van der Waals surface area contributed by atoms with E-state index in [0.717, 1.165) is 11.3 Å². The monoisotopic (exact) mass is 410 g/mol. The number of nitrogens with zero attached hydrogens (tertiary/aromatic N) is 4. The van der Waals surface area contributed by atoms with E-state index in [9.17, 15) is 14.4 Å². The maximum atomic E-state index is 13.2. The van der Waals surface area contributed by atoms with E-state index in [1.54, 1.807) is 33.9 Å². The van der Waals surface area contributed by atoms with Crippen LogP contribution >= 0.6 is 0 Å². The van der Waals surface area contributed by atoms with Crippen molar-refractivity contribution in [1.29, 1.82) is 0 Å². The first-order chi connectivity index (χ1) is 14.2. The van der Waals surface area contributed by atoms with E-state index in [0.29, 0.717) is 36.4 Å². The van der Waals surface area contributed by atoms with Gasteiger partial charge < -0.3 is 14.3 Å². The highest BCUT2D eigenvalue weighted by Crippen LogP contribution is 2.43. The predicted octanol–water partition coefficient (Wildman–Crippen LogP) is 2.64. The lowest BCUT2D eigenvalue weighted by atomic mass is 9.98. The van der Waals surface area contributed by atoms with E-state index in [1.165, 1.54) is 0 Å². The first-order valence-electron chi connectivity index (χ1n) is 10.1. The van der Waals surface area contributed by atoms with Gasteiger partial charge in [-0.3, -0.25) is 19.3 Å². The fraction of sp³-hybridized carbons (Fsp3) is 0.455. The Labute approximate surface area is 175 Å². The van der Waals surface area contributed by atoms with E-state index in [-0.39, 0.29) is 30.7 Å². The lowest BCUT2D eigenvalue weighted by molar-refractivity contribution is -0.130. The summed E-state index contributed by atoms with van der Waals surface area (Å²) in [4.78, 5) is 43.7. The van der Waals surface area contributed by atoms with Crippen LogP contribution in [-0.4, -0.2) is 51.9 Å². The second-order valence-electron chi connectivity index (χ2n) is 8.22. The number of anilines is 1. The fourth-order valence-electron chi connectivity index (χ4n) is 4.49. The number of hydrogen-bond donors (Lipinski definition) is 0. The van der Waals surface area contributed by atoms with E-state index in [2.05, 4.69) is 5.16 Å². The molecule has 1 aromatic carbocycles. The van der Waals surface area contributed by atoms with Gasteiger partial charge in [-0.05, 0) is 39.3 Å². The molecule has 0 radical (unpaired) electrons. The normalized spacial score (nSPS) is 20.4. The minimum Gasteiger partial charge on any atom is -0.361 e. The van der Waals surface area contributed by atoms with Crippen molar-refractivity contribution in [3.63, 3.8) is 0 Å². The molecule has 1 fully saturated rings. The van der Waals surface area contributed by atoms with Crippen LogP contribution in [0.4, 0.5) is 5.69 Å². The summed E-state index contributed by atoms with van der Waals surface area (Å²) in [5.74, 6) is 0.480. The van der Waals surface area contributed by atoms with Gasteiger partial charge >= 0.3 is 0 Å². The van der Waals surface area contributed by atoms with Gasteiger partial charge in [-0.15, -0.1) is 0 Å². The Morgan fingerprint density at radius 2 is 2.00 bits per heavy atom. The van der Waals surface area contributed by atoms with Gasteiger partial charge in [-0.25, -0.2) is 0 Å². The molecule has 1 atom stereocenters. The number of para-hydroxylation sites is 1. The van der Waals surface area contributed by atoms with Gasteiger partial charge in [0.25, 0.3) is 5.91 Å². The number of amides is 3. The summed E-state index contributed by atoms with van der Waals surface area (Å²) in [7, 11) is 1.73. The Hall–Kier alpha value is -3.16. The molecular formula is C22H26N4O4. The maximum Gasteiger partial charge on any atom is 0.257 e. The molecule has 1 unspecified atom stereocenters. The second kappa shape index (κ2) is 7.27. The summed E-state index contributed by atoms with van der Waals surface area (Å²) in [6.45, 7) is 6.23. The molecule has 3 heterocycles. The Kier molecular flexibility index (Phi) is 4.88. The van der Waals surface area contributed by atoms with Crippen LogP contribution in [0.5, 0.6) is 0 Å². The summed E-state index contributed by atoms with van der Waals surface area (Å²) in [5, 5.41) is 3.93. The van der Waals surface area contributed by atoms with Gasteiger partial charge in [0.2, 0.25) is 11.8 Å². The van der Waals surface area contributed by atoms with Crippen LogP contribution < -0.4 is 4.90 Å². The van der Waals surface area contributed by atoms with Crippen LogP contribution in [0.1, 0.15) is 53.6 Å². The van der Waals surface area contributed by atoms with Gasteiger partial charge in [-0.1, -0.05) is 17.3 Å². The molecular weight excluding hydrogens is 384 g/mol. The number of fused-ring (bicyclic) bond motifs is 3. The zero-order valence-corrected chi connectivity index (χ0v) is 17.8. The van der Waals surface area contributed by atoms with Crippen molar-refractivity contribution in [3.8, 4) is 0 Å². The molecule has 8 nitrogen and oxygen atoms in total. The number of hydrogen-bond acceptors (Lipinski definition) is 5. The molecule has 2 aliphatic rings. The molecule has 158 valence electrons. The minimum atomic E-state index is -0.747. The molecule has 1 aromatic heterocycles. The Morgan fingerprint density at radius 3 is 2.70 bits per heavy atom. The molecule has 30 heavy (non-hydrogen) atoms. The SMILES string of the molecule is Cc1noc(C)c1CN(C)C(=O)CCN1C(=O)c2ccccc2N2C(=O)CCC12C. The number of benzene rings is 1. The molecule has 3 amide bonds. The van der Waals surface area contributed by atoms with E-state index in [1.807, 2.05) is 32.9 Å². The molecule has 4 rings (SSSR count). The quantitative estimate of drug-likeness (QED) is 0.756. The van der Waals surface area contributed by atoms with Crippen molar-refractivity contribution < 1.29 is 18.9 Å². The topological polar surface area (TPSA) is 87.0 Å². The molecule has 0 bridgehead atoms. The molecule has 2 aromatic rings. The molecule has 0 spiro atoms. The third kappa shape index (κ3) is 3.07. The van der Waals surface area contributed by atoms with Crippen LogP contribution in [0.25, 0.3) is 0 Å². The lowest BCUT2D eigenvalue weighted by Crippen LogP contribution is -2.62. The average Bonchev–Trinajstić information content (AvgIpc) is 3.21. The number of aromatic nitrogens is 1. The van der Waals surface area contributed by atoms with E-state index < -0.39 is 5.66 Å². The first kappa shape index (κ1) is 20.1. The summed E-state index contributed by atoms with van der Waals surface area (Å²) < 4.78 is 5.17. The highest BCUT2D eigenvalue weighted by molar-refractivity contribution is 6.10. The van der Waals surface area contributed by atoms with Crippen molar-refractivity contribution in [2.75, 3.05) is 18.5 Å². The van der Waals surface area contributed by atoms with E-state index >= 15 is 0 Å². The molecule has 0 N–H and O–H groups in total. The van der Waals surface area contributed by atoms with E-state index in [4.69, 9.17) is 4.52 Å². The lowest BCUT2D eigenvalue weighted by Gasteiger charge is -2.48. The van der Waals surface area contributed by atoms with Gasteiger partial charge in [0.05, 0.1) is 23.5 Å². The third-order valence-electron chi connectivity index (χ3n) is 6.30. The van der Waals surface area contributed by atoms with Crippen LogP contribution in [0, 0.1) is 13.8 Å². The predicted molar refractivity (Wildman–Crippen MR) is 110 cm³/mol. The average molecular weight is 410 g/mol. The van der Waals surface area contributed by atoms with Crippen molar-refractivity contribution in [3.05, 3.63) is 46.8 Å². The van der Waals surface area contributed by atoms with Crippen molar-refractivity contribution >= 4 is 23.4 Å². The summed E-state index contributed by atoms with van der Waals surface area (Å²) >= 11 is 0. The molecule has 2 aliphatic heterocycles. The Morgan fingerprint density at radius 1 is 1.27 bits per heavy atom. The van der Waals surface area contributed by atoms with Gasteiger partial charge in [-0.2, -0.15) is 0 Å². The molecule has 0 saturated carbocycles. The summed E-state index contributed by atoms with van der Waals surface area (Å²) in [6, 6.07) is 7.18. The maximum absolute atomic E-state index is 13.2. The molecule has 1 saturated heterocycles. The van der Waals surface area contributed by atoms with Gasteiger partial charge in [0.15, 0.2) is 0 Å². The van der Waals surface area contributed by atoms with Crippen molar-refractivity contribution in [2.45, 2.75) is 52.2 Å². The van der Waals surface area contributed by atoms with Crippen LogP contribution in [-0.2, 0) is 16.1 Å². The molecule has 0 aliphatic carbocycles. The summed E-state index contributed by atoms with van der Waals surface area (Å²) in [5.41, 5.74) is 2.08. The highest BCUT2D eigenvalue weighted by atomic mass is 16.5. The largest absolute Gasteiger partial charge is 0.361 e. The fourth-order valence-corrected chi connectivity index (χ4v) is 4.49. The van der Waals surface area contributed by atoms with Crippen molar-refractivity contribution in [1.82, 2.24) is 15.0 Å². The smallest absolute Gasteiger partial charge is 0.257 e. The standard InChI is InChI=1S/C22H26N4O4/c1-14-17(15(2)30-23-14)13-24(4)19(27)10-12-25-21(29)16-7-5-6-8-18(16)26-20(28)9-11-22(25,26)3/h5-8H,9-13H2,1-4H3. The van der Waals surface area contributed by atoms with Crippen LogP contribution in [0.2, 0.25) is 0 Å². The minimum absolute atomic E-state index is 0.00398. The number of rotatable bonds is 5. The van der Waals surface area contributed by atoms with Gasteiger partial charge in [0.1, 0.15) is 11.4 Å². The Bertz CT molecular complexity index is 1010. The van der Waals surface area contributed by atoms with Crippen LogP contribution in [0.15, 0.2) is 28.8 Å². The second-order valence-corrected chi connectivity index (χ2v) is 8.22. The number of aryl methyl sites for hydroxylation is 2. The Balaban J connectivity index is 1.52. The number of carbonyl (C=O) groups is 3. The van der Waals surface area contributed by atoms with Crippen LogP contribution in [0.3, 0.4) is 0 Å². The zero-order chi connectivity index (χ0) is 21.6. The summed E-state index contributed by atoms with van der Waals surface area (Å²) in [6.07, 6.45) is 1.11.